The van der Waals surface area contributed by atoms with Crippen LogP contribution in [0, 0.1) is 0 Å². The molecule has 0 bridgehead atoms. The van der Waals surface area contributed by atoms with Gasteiger partial charge in [0.2, 0.25) is 21.9 Å². The highest BCUT2D eigenvalue weighted by Gasteiger charge is 2.23. The maximum atomic E-state index is 12.9. The van der Waals surface area contributed by atoms with Gasteiger partial charge in [-0.05, 0) is 36.6 Å². The lowest BCUT2D eigenvalue weighted by Crippen LogP contribution is -2.38. The third kappa shape index (κ3) is 4.43. The molecular weight excluding hydrogens is 420 g/mol. The van der Waals surface area contributed by atoms with Gasteiger partial charge in [-0.15, -0.1) is 0 Å². The molecule has 31 heavy (non-hydrogen) atoms. The first kappa shape index (κ1) is 20.4. The maximum Gasteiger partial charge on any atom is 0.240 e. The monoisotopic (exact) mass is 446 g/mol. The Hall–Kier alpha value is -2.50. The minimum atomic E-state index is -3.70. The molecule has 3 aliphatic rings. The highest BCUT2D eigenvalue weighted by Crippen LogP contribution is 2.27. The fourth-order valence-electron chi connectivity index (χ4n) is 4.01. The van der Waals surface area contributed by atoms with Crippen molar-refractivity contribution in [1.29, 1.82) is 0 Å². The highest BCUT2D eigenvalue weighted by atomic mass is 32.2. The zero-order valence-corrected chi connectivity index (χ0v) is 18.1. The first-order valence-corrected chi connectivity index (χ1v) is 12.1. The minimum Gasteiger partial charge on any atom is -0.493 e. The molecule has 0 aliphatic carbocycles. The van der Waals surface area contributed by atoms with Gasteiger partial charge in [0.1, 0.15) is 5.75 Å². The summed E-state index contributed by atoms with van der Waals surface area (Å²) in [5.41, 5.74) is 0.911. The number of sulfonamides is 1. The summed E-state index contributed by atoms with van der Waals surface area (Å²) >= 11 is 0. The zero-order chi connectivity index (χ0) is 21.3. The number of benzene rings is 1. The van der Waals surface area contributed by atoms with E-state index in [4.69, 9.17) is 9.47 Å². The van der Waals surface area contributed by atoms with Crippen LogP contribution in [-0.4, -0.2) is 69.4 Å². The molecule has 4 heterocycles. The van der Waals surface area contributed by atoms with Gasteiger partial charge in [0.25, 0.3) is 0 Å². The smallest absolute Gasteiger partial charge is 0.240 e. The normalized spacial score (nSPS) is 18.8. The van der Waals surface area contributed by atoms with Crippen molar-refractivity contribution in [3.63, 3.8) is 0 Å². The van der Waals surface area contributed by atoms with E-state index in [1.165, 1.54) is 0 Å². The SMILES string of the molecule is O=S(=O)(NCc1nc(N2CCCC2)nc(N2CCOCC2)n1)c1ccc2c(c1)CCO2. The molecule has 11 heteroatoms. The summed E-state index contributed by atoms with van der Waals surface area (Å²) in [6, 6.07) is 4.95. The van der Waals surface area contributed by atoms with Crippen LogP contribution < -0.4 is 19.3 Å². The van der Waals surface area contributed by atoms with Crippen molar-refractivity contribution in [1.82, 2.24) is 19.7 Å². The van der Waals surface area contributed by atoms with Gasteiger partial charge in [0.05, 0.1) is 31.3 Å². The second-order valence-electron chi connectivity index (χ2n) is 7.84. The number of aromatic nitrogens is 3. The Morgan fingerprint density at radius 2 is 1.65 bits per heavy atom. The van der Waals surface area contributed by atoms with Crippen LogP contribution in [0.4, 0.5) is 11.9 Å². The summed E-state index contributed by atoms with van der Waals surface area (Å²) < 4.78 is 39.3. The number of rotatable bonds is 6. The number of hydrogen-bond donors (Lipinski definition) is 1. The fraction of sp³-hybridized carbons (Fsp3) is 0.550. The topological polar surface area (TPSA) is 110 Å². The van der Waals surface area contributed by atoms with Gasteiger partial charge < -0.3 is 19.3 Å². The summed E-state index contributed by atoms with van der Waals surface area (Å²) in [5.74, 6) is 2.34. The number of ether oxygens (including phenoxy) is 2. The van der Waals surface area contributed by atoms with Gasteiger partial charge in [-0.2, -0.15) is 15.0 Å². The lowest BCUT2D eigenvalue weighted by Gasteiger charge is -2.28. The average molecular weight is 447 g/mol. The molecule has 0 radical (unpaired) electrons. The summed E-state index contributed by atoms with van der Waals surface area (Å²) in [4.78, 5) is 18.2. The van der Waals surface area contributed by atoms with Gasteiger partial charge in [-0.3, -0.25) is 0 Å². The van der Waals surface area contributed by atoms with Crippen LogP contribution in [-0.2, 0) is 27.7 Å². The van der Waals surface area contributed by atoms with Crippen molar-refractivity contribution in [3.05, 3.63) is 29.6 Å². The number of morpholine rings is 1. The van der Waals surface area contributed by atoms with E-state index in [9.17, 15) is 8.42 Å². The molecule has 2 aromatic rings. The first-order valence-electron chi connectivity index (χ1n) is 10.7. The van der Waals surface area contributed by atoms with Crippen molar-refractivity contribution in [3.8, 4) is 5.75 Å². The van der Waals surface area contributed by atoms with Crippen molar-refractivity contribution in [2.75, 3.05) is 55.8 Å². The number of anilines is 2. The van der Waals surface area contributed by atoms with E-state index in [1.54, 1.807) is 18.2 Å². The molecule has 1 aromatic heterocycles. The zero-order valence-electron chi connectivity index (χ0n) is 17.3. The molecule has 5 rings (SSSR count). The lowest BCUT2D eigenvalue weighted by atomic mass is 10.2. The molecule has 0 atom stereocenters. The molecule has 166 valence electrons. The van der Waals surface area contributed by atoms with Crippen LogP contribution in [0.5, 0.6) is 5.75 Å². The molecule has 0 amide bonds. The lowest BCUT2D eigenvalue weighted by molar-refractivity contribution is 0.122. The minimum absolute atomic E-state index is 0.00336. The van der Waals surface area contributed by atoms with Crippen molar-refractivity contribution in [2.24, 2.45) is 0 Å². The quantitative estimate of drug-likeness (QED) is 0.686. The van der Waals surface area contributed by atoms with Gasteiger partial charge >= 0.3 is 0 Å². The van der Waals surface area contributed by atoms with Crippen LogP contribution >= 0.6 is 0 Å². The Morgan fingerprint density at radius 3 is 2.39 bits per heavy atom. The number of hydrogen-bond acceptors (Lipinski definition) is 9. The Balaban J connectivity index is 1.37. The molecule has 0 unspecified atom stereocenters. The summed E-state index contributed by atoms with van der Waals surface area (Å²) in [5, 5.41) is 0. The van der Waals surface area contributed by atoms with E-state index in [0.717, 1.165) is 37.2 Å². The fourth-order valence-corrected chi connectivity index (χ4v) is 5.04. The highest BCUT2D eigenvalue weighted by molar-refractivity contribution is 7.89. The number of nitrogens with one attached hydrogen (secondary N) is 1. The van der Waals surface area contributed by atoms with Crippen LogP contribution in [0.2, 0.25) is 0 Å². The Bertz CT molecular complexity index is 1050. The molecule has 0 spiro atoms. The van der Waals surface area contributed by atoms with Gasteiger partial charge in [0.15, 0.2) is 5.82 Å². The van der Waals surface area contributed by atoms with E-state index >= 15 is 0 Å². The van der Waals surface area contributed by atoms with Gasteiger partial charge in [-0.25, -0.2) is 13.1 Å². The van der Waals surface area contributed by atoms with Crippen molar-refractivity contribution in [2.45, 2.75) is 30.7 Å². The molecule has 2 saturated heterocycles. The van der Waals surface area contributed by atoms with E-state index in [-0.39, 0.29) is 11.4 Å². The van der Waals surface area contributed by atoms with Crippen molar-refractivity contribution >= 4 is 21.9 Å². The predicted molar refractivity (Wildman–Crippen MR) is 114 cm³/mol. The Labute approximate surface area is 181 Å². The third-order valence-electron chi connectivity index (χ3n) is 5.73. The third-order valence-corrected chi connectivity index (χ3v) is 7.13. The molecule has 1 aromatic carbocycles. The average Bonchev–Trinajstić information content (AvgIpc) is 3.50. The summed E-state index contributed by atoms with van der Waals surface area (Å²) in [6.07, 6.45) is 2.92. The van der Waals surface area contributed by atoms with E-state index < -0.39 is 10.0 Å². The molecule has 10 nitrogen and oxygen atoms in total. The van der Waals surface area contributed by atoms with Crippen LogP contribution in [0.1, 0.15) is 24.2 Å². The standard InChI is InChI=1S/C20H26N6O4S/c27-31(28,16-3-4-17-15(13-16)5-10-30-17)21-14-18-22-19(25-6-1-2-7-25)24-20(23-18)26-8-11-29-12-9-26/h3-4,13,21H,1-2,5-12,14H2. The Morgan fingerprint density at radius 1 is 0.935 bits per heavy atom. The summed E-state index contributed by atoms with van der Waals surface area (Å²) in [6.45, 7) is 5.02. The van der Waals surface area contributed by atoms with Crippen molar-refractivity contribution < 1.29 is 17.9 Å². The number of fused-ring (bicyclic) bond motifs is 1. The second-order valence-corrected chi connectivity index (χ2v) is 9.60. The molecule has 3 aliphatic heterocycles. The largest absolute Gasteiger partial charge is 0.493 e. The molecule has 2 fully saturated rings. The first-order chi connectivity index (χ1) is 15.1. The molecular formula is C20H26N6O4S. The Kier molecular flexibility index (Phi) is 5.63. The van der Waals surface area contributed by atoms with E-state index in [2.05, 4.69) is 29.5 Å². The molecule has 1 N–H and O–H groups in total. The van der Waals surface area contributed by atoms with Crippen LogP contribution in [0.3, 0.4) is 0 Å². The number of nitrogens with zero attached hydrogens (tertiary/aromatic N) is 5. The second kappa shape index (κ2) is 8.56. The molecule has 0 saturated carbocycles. The van der Waals surface area contributed by atoms with Crippen LogP contribution in [0.25, 0.3) is 0 Å². The van der Waals surface area contributed by atoms with Gasteiger partial charge in [-0.1, -0.05) is 0 Å². The predicted octanol–water partition coefficient (Wildman–Crippen LogP) is 0.722. The van der Waals surface area contributed by atoms with Crippen LogP contribution in [0.15, 0.2) is 23.1 Å². The summed E-state index contributed by atoms with van der Waals surface area (Å²) in [7, 11) is -3.70. The van der Waals surface area contributed by atoms with Gasteiger partial charge in [0, 0.05) is 32.6 Å². The van der Waals surface area contributed by atoms with E-state index in [0.29, 0.717) is 57.1 Å². The maximum absolute atomic E-state index is 12.9. The van der Waals surface area contributed by atoms with E-state index in [1.807, 2.05) is 0 Å².